The van der Waals surface area contributed by atoms with Gasteiger partial charge in [0, 0.05) is 5.56 Å². The van der Waals surface area contributed by atoms with Crippen LogP contribution in [0.4, 0.5) is 10.5 Å². The van der Waals surface area contributed by atoms with Crippen LogP contribution in [0.5, 0.6) is 5.75 Å². The van der Waals surface area contributed by atoms with Crippen molar-refractivity contribution in [1.29, 1.82) is 0 Å². The average Bonchev–Trinajstić information content (AvgIpc) is 2.50. The van der Waals surface area contributed by atoms with Crippen molar-refractivity contribution in [1.82, 2.24) is 0 Å². The van der Waals surface area contributed by atoms with E-state index < -0.39 is 12.1 Å². The number of carboxylic acids is 1. The summed E-state index contributed by atoms with van der Waals surface area (Å²) in [5.41, 5.74) is 1.08. The summed E-state index contributed by atoms with van der Waals surface area (Å²) in [6.07, 6.45) is -0.735. The first kappa shape index (κ1) is 15.4. The van der Waals surface area contributed by atoms with E-state index in [1.807, 2.05) is 30.3 Å². The molecule has 6 nitrogen and oxygen atoms in total. The van der Waals surface area contributed by atoms with E-state index in [9.17, 15) is 14.7 Å². The molecule has 0 radical (unpaired) electrons. The number of anilines is 1. The summed E-state index contributed by atoms with van der Waals surface area (Å²) >= 11 is 0. The number of benzene rings is 2. The summed E-state index contributed by atoms with van der Waals surface area (Å²) in [5, 5.41) is 21.3. The smallest absolute Gasteiger partial charge is 0.412 e. The number of ether oxygens (including phenoxy) is 1. The molecular formula is C16H15NO5. The van der Waals surface area contributed by atoms with Crippen molar-refractivity contribution in [3.8, 4) is 5.75 Å². The van der Waals surface area contributed by atoms with Crippen LogP contribution < -0.4 is 5.32 Å². The van der Waals surface area contributed by atoms with Gasteiger partial charge in [-0.3, -0.25) is 5.32 Å². The van der Waals surface area contributed by atoms with Crippen molar-refractivity contribution >= 4 is 17.7 Å². The first-order chi connectivity index (χ1) is 10.5. The summed E-state index contributed by atoms with van der Waals surface area (Å²) in [6, 6.07) is 11.8. The molecule has 3 N–H and O–H groups in total. The van der Waals surface area contributed by atoms with Crippen LogP contribution in [-0.4, -0.2) is 22.3 Å². The fourth-order valence-electron chi connectivity index (χ4n) is 1.90. The van der Waals surface area contributed by atoms with Crippen LogP contribution in [0.15, 0.2) is 42.5 Å². The fourth-order valence-corrected chi connectivity index (χ4v) is 1.90. The molecule has 114 valence electrons. The third kappa shape index (κ3) is 3.54. The highest BCUT2D eigenvalue weighted by Gasteiger charge is 2.15. The van der Waals surface area contributed by atoms with Gasteiger partial charge in [-0.05, 0) is 24.6 Å². The lowest BCUT2D eigenvalue weighted by Gasteiger charge is -2.11. The van der Waals surface area contributed by atoms with Gasteiger partial charge in [-0.25, -0.2) is 9.59 Å². The van der Waals surface area contributed by atoms with Gasteiger partial charge in [-0.1, -0.05) is 30.3 Å². The van der Waals surface area contributed by atoms with Crippen molar-refractivity contribution in [2.24, 2.45) is 0 Å². The van der Waals surface area contributed by atoms with E-state index in [1.54, 1.807) is 0 Å². The predicted octanol–water partition coefficient (Wildman–Crippen LogP) is 3.15. The molecular weight excluding hydrogens is 286 g/mol. The fraction of sp³-hybridized carbons (Fsp3) is 0.125. The topological polar surface area (TPSA) is 95.9 Å². The lowest BCUT2D eigenvalue weighted by molar-refractivity contribution is 0.0695. The third-order valence-electron chi connectivity index (χ3n) is 3.11. The van der Waals surface area contributed by atoms with Gasteiger partial charge in [0.05, 0.1) is 11.3 Å². The van der Waals surface area contributed by atoms with E-state index in [0.29, 0.717) is 0 Å². The van der Waals surface area contributed by atoms with Gasteiger partial charge in [0.2, 0.25) is 0 Å². The molecule has 0 atom stereocenters. The number of aromatic hydroxyl groups is 1. The molecule has 0 unspecified atom stereocenters. The molecule has 0 fully saturated rings. The Kier molecular flexibility index (Phi) is 4.63. The molecule has 22 heavy (non-hydrogen) atoms. The molecule has 0 heterocycles. The zero-order valence-electron chi connectivity index (χ0n) is 11.9. The Morgan fingerprint density at radius 1 is 1.14 bits per heavy atom. The first-order valence-corrected chi connectivity index (χ1v) is 6.52. The molecule has 0 saturated heterocycles. The zero-order chi connectivity index (χ0) is 16.1. The molecule has 0 spiro atoms. The SMILES string of the molecule is Cc1c(C(=O)O)ccc(NC(=O)OCc2ccccc2)c1O. The third-order valence-corrected chi connectivity index (χ3v) is 3.11. The van der Waals surface area contributed by atoms with E-state index in [4.69, 9.17) is 9.84 Å². The van der Waals surface area contributed by atoms with Crippen molar-refractivity contribution in [3.05, 3.63) is 59.2 Å². The van der Waals surface area contributed by atoms with Crippen LogP contribution in [0.3, 0.4) is 0 Å². The largest absolute Gasteiger partial charge is 0.505 e. The van der Waals surface area contributed by atoms with Crippen molar-refractivity contribution in [3.63, 3.8) is 0 Å². The Morgan fingerprint density at radius 3 is 2.45 bits per heavy atom. The summed E-state index contributed by atoms with van der Waals surface area (Å²) < 4.78 is 5.03. The van der Waals surface area contributed by atoms with E-state index in [2.05, 4.69) is 5.32 Å². The number of hydrogen-bond donors (Lipinski definition) is 3. The number of nitrogens with one attached hydrogen (secondary N) is 1. The van der Waals surface area contributed by atoms with Crippen molar-refractivity contribution < 1.29 is 24.5 Å². The lowest BCUT2D eigenvalue weighted by Crippen LogP contribution is -2.14. The first-order valence-electron chi connectivity index (χ1n) is 6.52. The molecule has 0 aliphatic rings. The Balaban J connectivity index is 2.03. The average molecular weight is 301 g/mol. The molecule has 0 saturated carbocycles. The van der Waals surface area contributed by atoms with Gasteiger partial charge in [0.15, 0.2) is 0 Å². The van der Waals surface area contributed by atoms with Gasteiger partial charge in [-0.15, -0.1) is 0 Å². The summed E-state index contributed by atoms with van der Waals surface area (Å²) in [7, 11) is 0. The van der Waals surface area contributed by atoms with Crippen molar-refractivity contribution in [2.75, 3.05) is 5.32 Å². The van der Waals surface area contributed by atoms with E-state index in [1.165, 1.54) is 19.1 Å². The minimum Gasteiger partial charge on any atom is -0.505 e. The second-order valence-electron chi connectivity index (χ2n) is 4.63. The molecule has 0 aliphatic carbocycles. The van der Waals surface area contributed by atoms with Crippen LogP contribution in [-0.2, 0) is 11.3 Å². The quantitative estimate of drug-likeness (QED) is 0.754. The highest BCUT2D eigenvalue weighted by atomic mass is 16.5. The zero-order valence-corrected chi connectivity index (χ0v) is 11.9. The Morgan fingerprint density at radius 2 is 1.82 bits per heavy atom. The second-order valence-corrected chi connectivity index (χ2v) is 4.63. The summed E-state index contributed by atoms with van der Waals surface area (Å²) in [5.74, 6) is -1.44. The molecule has 0 aliphatic heterocycles. The Labute approximate surface area is 127 Å². The molecule has 1 amide bonds. The number of phenols is 1. The predicted molar refractivity (Wildman–Crippen MR) is 80.1 cm³/mol. The molecule has 6 heteroatoms. The standard InChI is InChI=1S/C16H15NO5/c1-10-12(15(19)20)7-8-13(14(10)18)17-16(21)22-9-11-5-3-2-4-6-11/h2-8,18H,9H2,1H3,(H,17,21)(H,19,20). The van der Waals surface area contributed by atoms with Gasteiger partial charge in [-0.2, -0.15) is 0 Å². The number of aromatic carboxylic acids is 1. The monoisotopic (exact) mass is 301 g/mol. The Bertz CT molecular complexity index is 697. The Hall–Kier alpha value is -3.02. The molecule has 2 rings (SSSR count). The number of carbonyl (C=O) groups is 2. The lowest BCUT2D eigenvalue weighted by atomic mass is 10.1. The van der Waals surface area contributed by atoms with Crippen LogP contribution in [0.1, 0.15) is 21.5 Å². The number of rotatable bonds is 4. The molecule has 2 aromatic rings. The van der Waals surface area contributed by atoms with E-state index in [-0.39, 0.29) is 29.2 Å². The number of hydrogen-bond acceptors (Lipinski definition) is 4. The minimum atomic E-state index is -1.15. The number of carboxylic acid groups (broad SMARTS) is 1. The minimum absolute atomic E-state index is 0.0271. The highest BCUT2D eigenvalue weighted by Crippen LogP contribution is 2.29. The van der Waals surface area contributed by atoms with Crippen molar-refractivity contribution in [2.45, 2.75) is 13.5 Å². The van der Waals surface area contributed by atoms with Crippen LogP contribution in [0.25, 0.3) is 0 Å². The van der Waals surface area contributed by atoms with Crippen LogP contribution >= 0.6 is 0 Å². The van der Waals surface area contributed by atoms with Gasteiger partial charge >= 0.3 is 12.1 Å². The maximum absolute atomic E-state index is 11.7. The van der Waals surface area contributed by atoms with Gasteiger partial charge in [0.25, 0.3) is 0 Å². The molecule has 0 bridgehead atoms. The van der Waals surface area contributed by atoms with Gasteiger partial charge in [0.1, 0.15) is 12.4 Å². The second kappa shape index (κ2) is 6.62. The maximum atomic E-state index is 11.7. The number of phenolic OH excluding ortho intramolecular Hbond substituents is 1. The molecule has 2 aromatic carbocycles. The number of amides is 1. The number of carbonyl (C=O) groups excluding carboxylic acids is 1. The van der Waals surface area contributed by atoms with Gasteiger partial charge < -0.3 is 14.9 Å². The molecule has 0 aromatic heterocycles. The summed E-state index contributed by atoms with van der Waals surface area (Å²) in [6.45, 7) is 1.55. The summed E-state index contributed by atoms with van der Waals surface area (Å²) in [4.78, 5) is 22.7. The van der Waals surface area contributed by atoms with E-state index >= 15 is 0 Å². The van der Waals surface area contributed by atoms with Crippen LogP contribution in [0.2, 0.25) is 0 Å². The van der Waals surface area contributed by atoms with Crippen LogP contribution in [0, 0.1) is 6.92 Å². The maximum Gasteiger partial charge on any atom is 0.412 e. The normalized spacial score (nSPS) is 10.0. The van der Waals surface area contributed by atoms with E-state index in [0.717, 1.165) is 5.56 Å². The highest BCUT2D eigenvalue weighted by molar-refractivity contribution is 5.93.